The van der Waals surface area contributed by atoms with Crippen molar-refractivity contribution in [2.24, 2.45) is 0 Å². The van der Waals surface area contributed by atoms with Crippen molar-refractivity contribution in [1.82, 2.24) is 24.5 Å². The minimum Gasteiger partial charge on any atom is -0.339 e. The van der Waals surface area contributed by atoms with E-state index >= 15 is 0 Å². The molecule has 2 aromatic heterocycles. The van der Waals surface area contributed by atoms with Crippen LogP contribution < -0.4 is 15.4 Å². The van der Waals surface area contributed by atoms with Gasteiger partial charge in [0, 0.05) is 65.2 Å². The van der Waals surface area contributed by atoms with Crippen LogP contribution in [0.2, 0.25) is 0 Å². The zero-order valence-electron chi connectivity index (χ0n) is 30.2. The number of allylic oxidation sites excluding steroid dienone is 9. The number of aldehydes is 1. The van der Waals surface area contributed by atoms with Gasteiger partial charge in [0.25, 0.3) is 0 Å². The van der Waals surface area contributed by atoms with Crippen LogP contribution in [0.5, 0.6) is 0 Å². The summed E-state index contributed by atoms with van der Waals surface area (Å²) in [6.07, 6.45) is 28.9. The first-order valence-electron chi connectivity index (χ1n) is 16.7. The van der Waals surface area contributed by atoms with Crippen LogP contribution in [-0.4, -0.2) is 59.3 Å². The standard InChI is InChI=1S/C22H32N4OS3.C18H20N2O/c1-4-18(11-12-25-28)9-10-19-17(2)26(21-8-6-5-7-20(19)21)22(27)24-14-16-30-29-15-13-23-3;1-5-15(10-11-19)8-9-17-14(4)20(12-13-21)18(7-3)16(17)6-2/h4,6,8-12,23,25,28H,5,7,13-16H2,1-3H3,(H,24,27);5-11,13,19H,1-3,12H2,4H3/b10-9+,12-11-,18-4-;9-8+,15-10+,19-11?. The van der Waals surface area contributed by atoms with Gasteiger partial charge < -0.3 is 30.1 Å². The van der Waals surface area contributed by atoms with Crippen molar-refractivity contribution in [3.05, 3.63) is 125 Å². The maximum absolute atomic E-state index is 13.0. The van der Waals surface area contributed by atoms with Crippen molar-refractivity contribution in [2.75, 3.05) is 31.6 Å². The molecule has 51 heavy (non-hydrogen) atoms. The van der Waals surface area contributed by atoms with E-state index in [1.165, 1.54) is 11.8 Å². The van der Waals surface area contributed by atoms with Gasteiger partial charge >= 0.3 is 6.03 Å². The molecule has 1 aliphatic carbocycles. The van der Waals surface area contributed by atoms with Crippen molar-refractivity contribution < 1.29 is 9.59 Å². The molecule has 1 aliphatic rings. The number of carbonyl (C=O) groups excluding carboxylic acids is 2. The van der Waals surface area contributed by atoms with E-state index in [9.17, 15) is 9.59 Å². The molecule has 0 atom stereocenters. The van der Waals surface area contributed by atoms with E-state index in [1.807, 2.05) is 72.1 Å². The molecule has 1 amide bonds. The van der Waals surface area contributed by atoms with E-state index in [4.69, 9.17) is 5.41 Å². The summed E-state index contributed by atoms with van der Waals surface area (Å²) in [7, 11) is 5.58. The smallest absolute Gasteiger partial charge is 0.326 e. The number of hydrogen-bond acceptors (Lipinski definition) is 8. The van der Waals surface area contributed by atoms with Crippen LogP contribution in [0.4, 0.5) is 4.79 Å². The Labute approximate surface area is 317 Å². The van der Waals surface area contributed by atoms with Crippen molar-refractivity contribution in [2.45, 2.75) is 40.2 Å². The number of nitrogens with one attached hydrogen (secondary N) is 4. The van der Waals surface area contributed by atoms with Crippen LogP contribution in [0.25, 0.3) is 30.4 Å². The van der Waals surface area contributed by atoms with Crippen LogP contribution in [0.15, 0.2) is 79.6 Å². The third-order valence-electron chi connectivity index (χ3n) is 8.01. The quantitative estimate of drug-likeness (QED) is 0.0246. The van der Waals surface area contributed by atoms with Gasteiger partial charge in [0.05, 0.1) is 12.2 Å². The van der Waals surface area contributed by atoms with Crippen LogP contribution in [0.3, 0.4) is 0 Å². The van der Waals surface area contributed by atoms with Crippen molar-refractivity contribution in [1.29, 1.82) is 5.41 Å². The van der Waals surface area contributed by atoms with E-state index < -0.39 is 0 Å². The van der Waals surface area contributed by atoms with Gasteiger partial charge in [-0.25, -0.2) is 4.79 Å². The highest BCUT2D eigenvalue weighted by Gasteiger charge is 2.22. The molecule has 0 saturated carbocycles. The summed E-state index contributed by atoms with van der Waals surface area (Å²) in [5.74, 6) is 1.95. The lowest BCUT2D eigenvalue weighted by atomic mass is 9.98. The number of aromatic nitrogens is 2. The van der Waals surface area contributed by atoms with Crippen molar-refractivity contribution >= 4 is 83.3 Å². The summed E-state index contributed by atoms with van der Waals surface area (Å²) in [6.45, 7) is 19.3. The fourth-order valence-corrected chi connectivity index (χ4v) is 7.45. The van der Waals surface area contributed by atoms with E-state index in [1.54, 1.807) is 41.3 Å². The first kappa shape index (κ1) is 43.0. The first-order chi connectivity index (χ1) is 24.8. The van der Waals surface area contributed by atoms with Gasteiger partial charge in [-0.2, -0.15) is 0 Å². The monoisotopic (exact) mass is 744 g/mol. The molecule has 0 aromatic carbocycles. The summed E-state index contributed by atoms with van der Waals surface area (Å²) < 4.78 is 6.45. The fourth-order valence-electron chi connectivity index (χ4n) is 5.46. The van der Waals surface area contributed by atoms with Gasteiger partial charge in [-0.3, -0.25) is 4.57 Å². The average molecular weight is 745 g/mol. The van der Waals surface area contributed by atoms with Gasteiger partial charge in [0.1, 0.15) is 6.29 Å². The molecule has 0 aliphatic heterocycles. The zero-order valence-corrected chi connectivity index (χ0v) is 32.7. The maximum atomic E-state index is 13.0. The van der Waals surface area contributed by atoms with Gasteiger partial charge in [0.15, 0.2) is 0 Å². The molecule has 0 saturated heterocycles. The molecule has 2 heterocycles. The fraction of sp³-hybridized carbons (Fsp3) is 0.275. The second-order valence-electron chi connectivity index (χ2n) is 11.1. The molecule has 0 fully saturated rings. The predicted molar refractivity (Wildman–Crippen MR) is 230 cm³/mol. The zero-order chi connectivity index (χ0) is 37.6. The van der Waals surface area contributed by atoms with Gasteiger partial charge in [-0.05, 0) is 87.2 Å². The first-order valence-corrected chi connectivity index (χ1v) is 19.6. The van der Waals surface area contributed by atoms with Crippen LogP contribution in [0, 0.1) is 19.3 Å². The maximum Gasteiger partial charge on any atom is 0.326 e. The molecule has 0 unspecified atom stereocenters. The lowest BCUT2D eigenvalue weighted by Gasteiger charge is -2.12. The number of hydrogen-bond donors (Lipinski definition) is 5. The highest BCUT2D eigenvalue weighted by Crippen LogP contribution is 2.30. The number of carbonyl (C=O) groups is 2. The Kier molecular flexibility index (Phi) is 20.3. The van der Waals surface area contributed by atoms with E-state index in [2.05, 4.69) is 72.2 Å². The Balaban J connectivity index is 0.000000377. The molecular weight excluding hydrogens is 693 g/mol. The number of nitrogens with zero attached hydrogens (tertiary/aromatic N) is 2. The summed E-state index contributed by atoms with van der Waals surface area (Å²) in [5, 5.41) is 13.3. The third kappa shape index (κ3) is 12.5. The highest BCUT2D eigenvalue weighted by atomic mass is 33.1. The minimum atomic E-state index is -0.0544. The van der Waals surface area contributed by atoms with Gasteiger partial charge in [-0.1, -0.05) is 103 Å². The Morgan fingerprint density at radius 3 is 2.31 bits per heavy atom. The van der Waals surface area contributed by atoms with E-state index in [0.717, 1.165) is 87.8 Å². The SMILES string of the molecule is C/C=C(\C=C/NS)/C=C/c1c2c(n(C(=O)NCCSSCCNC)c1C)C=CCC2.C=CC(/C=C/c1c(C=C)c(C=C)n(CC=O)c1C)=C\C=N. The predicted octanol–water partition coefficient (Wildman–Crippen LogP) is 8.88. The molecule has 8 nitrogen and oxygen atoms in total. The average Bonchev–Trinajstić information content (AvgIpc) is 3.58. The summed E-state index contributed by atoms with van der Waals surface area (Å²) in [4.78, 5) is 23.8. The molecule has 0 radical (unpaired) electrons. The second-order valence-corrected chi connectivity index (χ2v) is 14.0. The molecular formula is C40H52N6O2S3. The van der Waals surface area contributed by atoms with Crippen LogP contribution in [0.1, 0.15) is 58.4 Å². The largest absolute Gasteiger partial charge is 0.339 e. The second kappa shape index (κ2) is 24.1. The molecule has 3 rings (SSSR count). The minimum absolute atomic E-state index is 0.0544. The molecule has 0 spiro atoms. The Morgan fingerprint density at radius 2 is 1.71 bits per heavy atom. The van der Waals surface area contributed by atoms with Crippen molar-refractivity contribution in [3.8, 4) is 0 Å². The van der Waals surface area contributed by atoms with E-state index in [0.29, 0.717) is 6.54 Å². The number of fused-ring (bicyclic) bond motifs is 1. The van der Waals surface area contributed by atoms with Crippen molar-refractivity contribution in [3.63, 3.8) is 0 Å². The number of amides is 1. The third-order valence-corrected chi connectivity index (χ3v) is 10.6. The summed E-state index contributed by atoms with van der Waals surface area (Å²) in [6, 6.07) is -0.0544. The molecule has 4 N–H and O–H groups in total. The normalized spacial score (nSPS) is 12.9. The number of thiol groups is 1. The highest BCUT2D eigenvalue weighted by molar-refractivity contribution is 8.76. The topological polar surface area (TPSA) is 104 Å². The molecule has 11 heteroatoms. The summed E-state index contributed by atoms with van der Waals surface area (Å²) >= 11 is 3.99. The van der Waals surface area contributed by atoms with Crippen LogP contribution >= 0.6 is 34.4 Å². The summed E-state index contributed by atoms with van der Waals surface area (Å²) in [5.41, 5.74) is 10.0. The Morgan fingerprint density at radius 1 is 1.00 bits per heavy atom. The van der Waals surface area contributed by atoms with Gasteiger partial charge in [0.2, 0.25) is 0 Å². The Bertz CT molecular complexity index is 1720. The molecule has 0 bridgehead atoms. The molecule has 272 valence electrons. The lowest BCUT2D eigenvalue weighted by Crippen LogP contribution is -2.31. The Hall–Kier alpha value is -4.16. The van der Waals surface area contributed by atoms with Gasteiger partial charge in [-0.15, -0.1) is 0 Å². The number of rotatable bonds is 19. The van der Waals surface area contributed by atoms with Crippen LogP contribution in [-0.2, 0) is 17.8 Å². The van der Waals surface area contributed by atoms with E-state index in [-0.39, 0.29) is 12.6 Å². The molecule has 2 aromatic rings. The lowest BCUT2D eigenvalue weighted by molar-refractivity contribution is -0.108.